The van der Waals surface area contributed by atoms with Gasteiger partial charge in [-0.1, -0.05) is 0 Å². The molecule has 1 saturated heterocycles. The van der Waals surface area contributed by atoms with E-state index in [1.165, 1.54) is 5.69 Å². The minimum Gasteiger partial charge on any atom is -0.354 e. The highest BCUT2D eigenvalue weighted by atomic mass is 16.7. The molecule has 0 aromatic carbocycles. The summed E-state index contributed by atoms with van der Waals surface area (Å²) >= 11 is 0. The maximum absolute atomic E-state index is 5.36. The van der Waals surface area contributed by atoms with Crippen LogP contribution in [0.1, 0.15) is 12.1 Å². The number of ether oxygens (including phenoxy) is 2. The minimum absolute atomic E-state index is 0.0231. The highest BCUT2D eigenvalue weighted by Gasteiger charge is 2.15. The number of rotatable bonds is 3. The molecule has 0 bridgehead atoms. The van der Waals surface area contributed by atoms with Crippen molar-refractivity contribution >= 4 is 0 Å². The van der Waals surface area contributed by atoms with Gasteiger partial charge in [-0.3, -0.25) is 0 Å². The summed E-state index contributed by atoms with van der Waals surface area (Å²) in [6.07, 6.45) is 4.06. The van der Waals surface area contributed by atoms with Gasteiger partial charge in [0.1, 0.15) is 0 Å². The van der Waals surface area contributed by atoms with Crippen LogP contribution in [0.25, 0.3) is 0 Å². The molecule has 1 aliphatic rings. The van der Waals surface area contributed by atoms with E-state index < -0.39 is 0 Å². The lowest BCUT2D eigenvalue weighted by atomic mass is 10.2. The Bertz CT molecular complexity index is 264. The summed E-state index contributed by atoms with van der Waals surface area (Å²) in [5.41, 5.74) is 1.33. The fourth-order valence-corrected chi connectivity index (χ4v) is 1.60. The van der Waals surface area contributed by atoms with Gasteiger partial charge in [0.15, 0.2) is 6.29 Å². The molecule has 3 heteroatoms. The molecule has 2 rings (SSSR count). The van der Waals surface area contributed by atoms with Crippen LogP contribution in [0.5, 0.6) is 0 Å². The van der Waals surface area contributed by atoms with Gasteiger partial charge in [0.2, 0.25) is 0 Å². The third-order valence-corrected chi connectivity index (χ3v) is 2.38. The largest absolute Gasteiger partial charge is 0.354 e. The standard InChI is InChI=1S/C10H15NO2/c1-11-6-2-3-9(11)4-5-10-12-7-8-13-10/h2-3,6,10H,4-5,7-8H2,1H3. The summed E-state index contributed by atoms with van der Waals surface area (Å²) in [5, 5.41) is 0. The monoisotopic (exact) mass is 181 g/mol. The maximum atomic E-state index is 5.36. The third-order valence-electron chi connectivity index (χ3n) is 2.38. The zero-order chi connectivity index (χ0) is 9.10. The van der Waals surface area contributed by atoms with Gasteiger partial charge < -0.3 is 14.0 Å². The molecule has 0 atom stereocenters. The average Bonchev–Trinajstić information content (AvgIpc) is 2.72. The molecular formula is C10H15NO2. The molecule has 0 amide bonds. The number of hydrogen-bond acceptors (Lipinski definition) is 2. The van der Waals surface area contributed by atoms with Gasteiger partial charge in [-0.15, -0.1) is 0 Å². The molecule has 72 valence electrons. The summed E-state index contributed by atoms with van der Waals surface area (Å²) in [6.45, 7) is 1.50. The van der Waals surface area contributed by atoms with Gasteiger partial charge in [0, 0.05) is 25.4 Å². The zero-order valence-electron chi connectivity index (χ0n) is 7.90. The minimum atomic E-state index is 0.0231. The maximum Gasteiger partial charge on any atom is 0.158 e. The summed E-state index contributed by atoms with van der Waals surface area (Å²) in [4.78, 5) is 0. The second-order valence-corrected chi connectivity index (χ2v) is 3.32. The fraction of sp³-hybridized carbons (Fsp3) is 0.600. The van der Waals surface area contributed by atoms with E-state index in [-0.39, 0.29) is 6.29 Å². The number of aryl methyl sites for hydroxylation is 2. The quantitative estimate of drug-likeness (QED) is 0.702. The topological polar surface area (TPSA) is 23.4 Å². The number of nitrogens with zero attached hydrogens (tertiary/aromatic N) is 1. The Morgan fingerprint density at radius 2 is 2.23 bits per heavy atom. The number of hydrogen-bond donors (Lipinski definition) is 0. The molecule has 0 spiro atoms. The lowest BCUT2D eigenvalue weighted by Crippen LogP contribution is -2.09. The van der Waals surface area contributed by atoms with Crippen LogP contribution in [-0.4, -0.2) is 24.1 Å². The second kappa shape index (κ2) is 3.94. The first kappa shape index (κ1) is 8.78. The van der Waals surface area contributed by atoms with Crippen LogP contribution in [-0.2, 0) is 22.9 Å². The van der Waals surface area contributed by atoms with E-state index in [0.717, 1.165) is 26.1 Å². The Morgan fingerprint density at radius 1 is 1.46 bits per heavy atom. The van der Waals surface area contributed by atoms with Gasteiger partial charge in [-0.25, -0.2) is 0 Å². The molecule has 0 aliphatic carbocycles. The normalized spacial score (nSPS) is 18.2. The molecular weight excluding hydrogens is 166 g/mol. The van der Waals surface area contributed by atoms with Crippen LogP contribution in [0.3, 0.4) is 0 Å². The molecule has 0 unspecified atom stereocenters. The lowest BCUT2D eigenvalue weighted by Gasteiger charge is -2.08. The van der Waals surface area contributed by atoms with E-state index in [2.05, 4.69) is 29.9 Å². The SMILES string of the molecule is Cn1cccc1CCC1OCCO1. The Balaban J connectivity index is 1.82. The molecule has 1 aromatic heterocycles. The van der Waals surface area contributed by atoms with Gasteiger partial charge in [0.25, 0.3) is 0 Å². The van der Waals surface area contributed by atoms with E-state index in [1.54, 1.807) is 0 Å². The Hall–Kier alpha value is -0.800. The van der Waals surface area contributed by atoms with Crippen LogP contribution in [0.15, 0.2) is 18.3 Å². The van der Waals surface area contributed by atoms with Crippen molar-refractivity contribution in [2.24, 2.45) is 7.05 Å². The van der Waals surface area contributed by atoms with Crippen LogP contribution in [0.2, 0.25) is 0 Å². The van der Waals surface area contributed by atoms with Gasteiger partial charge in [-0.05, 0) is 18.6 Å². The van der Waals surface area contributed by atoms with Crippen molar-refractivity contribution in [3.8, 4) is 0 Å². The van der Waals surface area contributed by atoms with Crippen LogP contribution < -0.4 is 0 Å². The molecule has 13 heavy (non-hydrogen) atoms. The Labute approximate surface area is 78.3 Å². The van der Waals surface area contributed by atoms with Crippen molar-refractivity contribution < 1.29 is 9.47 Å². The summed E-state index contributed by atoms with van der Waals surface area (Å²) in [7, 11) is 2.06. The Kier molecular flexibility index (Phi) is 2.66. The van der Waals surface area contributed by atoms with Gasteiger partial charge >= 0.3 is 0 Å². The molecule has 0 N–H and O–H groups in total. The molecule has 2 heterocycles. The third kappa shape index (κ3) is 2.11. The van der Waals surface area contributed by atoms with Crippen molar-refractivity contribution in [3.63, 3.8) is 0 Å². The molecule has 3 nitrogen and oxygen atoms in total. The Morgan fingerprint density at radius 3 is 2.85 bits per heavy atom. The zero-order valence-corrected chi connectivity index (χ0v) is 7.90. The molecule has 1 aliphatic heterocycles. The van der Waals surface area contributed by atoms with Crippen molar-refractivity contribution in [1.29, 1.82) is 0 Å². The lowest BCUT2D eigenvalue weighted by molar-refractivity contribution is -0.0464. The van der Waals surface area contributed by atoms with E-state index >= 15 is 0 Å². The number of aromatic nitrogens is 1. The van der Waals surface area contributed by atoms with E-state index in [1.807, 2.05) is 0 Å². The van der Waals surface area contributed by atoms with Gasteiger partial charge in [-0.2, -0.15) is 0 Å². The van der Waals surface area contributed by atoms with Gasteiger partial charge in [0.05, 0.1) is 13.2 Å². The highest BCUT2D eigenvalue weighted by Crippen LogP contribution is 2.12. The average molecular weight is 181 g/mol. The van der Waals surface area contributed by atoms with Crippen molar-refractivity contribution in [2.45, 2.75) is 19.1 Å². The second-order valence-electron chi connectivity index (χ2n) is 3.32. The first-order chi connectivity index (χ1) is 6.36. The molecule has 0 saturated carbocycles. The first-order valence-electron chi connectivity index (χ1n) is 4.69. The first-order valence-corrected chi connectivity index (χ1v) is 4.69. The summed E-state index contributed by atoms with van der Waals surface area (Å²) in [6, 6.07) is 4.20. The predicted molar refractivity (Wildman–Crippen MR) is 49.4 cm³/mol. The molecule has 1 fully saturated rings. The van der Waals surface area contributed by atoms with E-state index in [0.29, 0.717) is 0 Å². The van der Waals surface area contributed by atoms with Crippen LogP contribution in [0.4, 0.5) is 0 Å². The predicted octanol–water partition coefficient (Wildman–Crippen LogP) is 1.33. The van der Waals surface area contributed by atoms with Crippen molar-refractivity contribution in [3.05, 3.63) is 24.0 Å². The van der Waals surface area contributed by atoms with E-state index in [4.69, 9.17) is 9.47 Å². The summed E-state index contributed by atoms with van der Waals surface area (Å²) in [5.74, 6) is 0. The van der Waals surface area contributed by atoms with Crippen molar-refractivity contribution in [2.75, 3.05) is 13.2 Å². The van der Waals surface area contributed by atoms with Crippen molar-refractivity contribution in [1.82, 2.24) is 4.57 Å². The smallest absolute Gasteiger partial charge is 0.158 e. The summed E-state index contributed by atoms with van der Waals surface area (Å²) < 4.78 is 12.9. The van der Waals surface area contributed by atoms with Crippen LogP contribution >= 0.6 is 0 Å². The highest BCUT2D eigenvalue weighted by molar-refractivity contribution is 5.06. The van der Waals surface area contributed by atoms with Crippen LogP contribution in [0, 0.1) is 0 Å². The van der Waals surface area contributed by atoms with E-state index in [9.17, 15) is 0 Å². The fourth-order valence-electron chi connectivity index (χ4n) is 1.60. The molecule has 0 radical (unpaired) electrons. The molecule has 1 aromatic rings.